The molecule has 0 aliphatic rings. The fourth-order valence-electron chi connectivity index (χ4n) is 1.85. The van der Waals surface area contributed by atoms with E-state index in [1.165, 1.54) is 0 Å². The number of aryl methyl sites for hydroxylation is 1. The molecule has 0 unspecified atom stereocenters. The first kappa shape index (κ1) is 15.9. The highest BCUT2D eigenvalue weighted by Crippen LogP contribution is 2.28. The summed E-state index contributed by atoms with van der Waals surface area (Å²) in [5.41, 5.74) is 1.26. The van der Waals surface area contributed by atoms with Gasteiger partial charge in [-0.1, -0.05) is 19.1 Å². The van der Waals surface area contributed by atoms with Crippen LogP contribution >= 0.6 is 15.9 Å². The Morgan fingerprint density at radius 1 is 1.19 bits per heavy atom. The number of hydrogen-bond acceptors (Lipinski definition) is 2. The second-order valence-electron chi connectivity index (χ2n) is 4.36. The largest absolute Gasteiger partial charge is 0.280 e. The molecule has 0 saturated carbocycles. The zero-order valence-electron chi connectivity index (χ0n) is 11.0. The van der Waals surface area contributed by atoms with Crippen molar-refractivity contribution in [3.63, 3.8) is 0 Å². The summed E-state index contributed by atoms with van der Waals surface area (Å²) < 4.78 is 53.4. The van der Waals surface area contributed by atoms with Gasteiger partial charge in [0.05, 0.1) is 0 Å². The average Bonchev–Trinajstić information content (AvgIpc) is 2.36. The minimum atomic E-state index is -4.15. The first-order valence-corrected chi connectivity index (χ1v) is 8.37. The number of hydrogen-bond donors (Lipinski definition) is 1. The molecule has 2 rings (SSSR count). The van der Waals surface area contributed by atoms with Crippen molar-refractivity contribution >= 4 is 31.6 Å². The van der Waals surface area contributed by atoms with Gasteiger partial charge in [-0.15, -0.1) is 0 Å². The second-order valence-corrected chi connectivity index (χ2v) is 6.83. The molecule has 0 fully saturated rings. The number of halogens is 3. The molecule has 0 bridgehead atoms. The third-order valence-electron chi connectivity index (χ3n) is 2.82. The molecule has 0 radical (unpaired) electrons. The molecule has 0 aliphatic heterocycles. The molecule has 0 saturated heterocycles. The Kier molecular flexibility index (Phi) is 4.63. The van der Waals surface area contributed by atoms with Crippen molar-refractivity contribution in [1.82, 2.24) is 0 Å². The van der Waals surface area contributed by atoms with E-state index in [0.717, 1.165) is 18.1 Å². The number of anilines is 1. The molecule has 1 N–H and O–H groups in total. The van der Waals surface area contributed by atoms with Crippen LogP contribution in [0.15, 0.2) is 45.8 Å². The zero-order valence-corrected chi connectivity index (χ0v) is 13.4. The van der Waals surface area contributed by atoms with Crippen LogP contribution in [0.4, 0.5) is 14.5 Å². The van der Waals surface area contributed by atoms with Crippen LogP contribution in [0.25, 0.3) is 0 Å². The molecular formula is C14H12BrF2NO2S. The maximum Gasteiger partial charge on any atom is 0.265 e. The van der Waals surface area contributed by atoms with E-state index in [2.05, 4.69) is 20.7 Å². The second kappa shape index (κ2) is 6.11. The highest BCUT2D eigenvalue weighted by molar-refractivity contribution is 9.10. The Morgan fingerprint density at radius 2 is 1.90 bits per heavy atom. The average molecular weight is 376 g/mol. The summed E-state index contributed by atoms with van der Waals surface area (Å²) in [6.07, 6.45) is 0.740. The van der Waals surface area contributed by atoms with Crippen LogP contribution in [0, 0.1) is 11.6 Å². The fraction of sp³-hybridized carbons (Fsp3) is 0.143. The Hall–Kier alpha value is -1.47. The van der Waals surface area contributed by atoms with Crippen molar-refractivity contribution in [3.05, 3.63) is 58.1 Å². The normalized spacial score (nSPS) is 11.4. The molecule has 3 nitrogen and oxygen atoms in total. The van der Waals surface area contributed by atoms with E-state index in [0.29, 0.717) is 11.8 Å². The summed E-state index contributed by atoms with van der Waals surface area (Å²) in [5.74, 6) is -2.01. The third-order valence-corrected chi connectivity index (χ3v) is 5.16. The molecule has 21 heavy (non-hydrogen) atoms. The standard InChI is InChI=1S/C14H12BrF2NO2S/c1-2-9-4-3-5-11(6-9)18-21(19,20)14-12(15)7-10(16)8-13(14)17/h3-8,18H,2H2,1H3. The Morgan fingerprint density at radius 3 is 2.52 bits per heavy atom. The minimum absolute atomic E-state index is 0.167. The zero-order chi connectivity index (χ0) is 15.6. The van der Waals surface area contributed by atoms with E-state index < -0.39 is 26.6 Å². The number of sulfonamides is 1. The van der Waals surface area contributed by atoms with Gasteiger partial charge in [-0.2, -0.15) is 0 Å². The maximum atomic E-state index is 13.8. The van der Waals surface area contributed by atoms with Gasteiger partial charge in [0, 0.05) is 16.2 Å². The highest BCUT2D eigenvalue weighted by atomic mass is 79.9. The summed E-state index contributed by atoms with van der Waals surface area (Å²) in [7, 11) is -4.15. The predicted octanol–water partition coefficient (Wildman–Crippen LogP) is 4.09. The molecule has 7 heteroatoms. The quantitative estimate of drug-likeness (QED) is 0.874. The summed E-state index contributed by atoms with van der Waals surface area (Å²) >= 11 is 2.88. The van der Waals surface area contributed by atoms with E-state index in [1.807, 2.05) is 13.0 Å². The van der Waals surface area contributed by atoms with E-state index in [4.69, 9.17) is 0 Å². The molecule has 0 aliphatic carbocycles. The molecule has 2 aromatic rings. The van der Waals surface area contributed by atoms with Crippen LogP contribution in [0.3, 0.4) is 0 Å². The lowest BCUT2D eigenvalue weighted by molar-refractivity contribution is 0.548. The van der Waals surface area contributed by atoms with Gasteiger partial charge >= 0.3 is 0 Å². The molecule has 112 valence electrons. The first-order valence-electron chi connectivity index (χ1n) is 6.10. The first-order chi connectivity index (χ1) is 9.83. The van der Waals surface area contributed by atoms with Gasteiger partial charge in [0.1, 0.15) is 16.5 Å². The summed E-state index contributed by atoms with van der Waals surface area (Å²) in [6, 6.07) is 8.21. The van der Waals surface area contributed by atoms with Gasteiger partial charge in [0.2, 0.25) is 0 Å². The Labute approximate surface area is 130 Å². The SMILES string of the molecule is CCc1cccc(NS(=O)(=O)c2c(F)cc(F)cc2Br)c1. The molecule has 0 spiro atoms. The van der Waals surface area contributed by atoms with Crippen molar-refractivity contribution in [2.75, 3.05) is 4.72 Å². The van der Waals surface area contributed by atoms with Crippen LogP contribution in [-0.2, 0) is 16.4 Å². The van der Waals surface area contributed by atoms with Crippen LogP contribution in [-0.4, -0.2) is 8.42 Å². The van der Waals surface area contributed by atoms with Gasteiger partial charge in [0.15, 0.2) is 0 Å². The summed E-state index contributed by atoms with van der Waals surface area (Å²) in [6.45, 7) is 1.93. The van der Waals surface area contributed by atoms with Crippen molar-refractivity contribution in [3.8, 4) is 0 Å². The molecule has 0 atom stereocenters. The van der Waals surface area contributed by atoms with E-state index >= 15 is 0 Å². The summed E-state index contributed by atoms with van der Waals surface area (Å²) in [5, 5.41) is 0. The Balaban J connectivity index is 2.43. The topological polar surface area (TPSA) is 46.2 Å². The van der Waals surface area contributed by atoms with E-state index in [-0.39, 0.29) is 4.47 Å². The summed E-state index contributed by atoms with van der Waals surface area (Å²) in [4.78, 5) is -0.620. The predicted molar refractivity (Wildman–Crippen MR) is 80.7 cm³/mol. The lowest BCUT2D eigenvalue weighted by atomic mass is 10.1. The minimum Gasteiger partial charge on any atom is -0.280 e. The van der Waals surface area contributed by atoms with Gasteiger partial charge < -0.3 is 0 Å². The number of rotatable bonds is 4. The van der Waals surface area contributed by atoms with Crippen molar-refractivity contribution in [1.29, 1.82) is 0 Å². The number of nitrogens with one attached hydrogen (secondary N) is 1. The van der Waals surface area contributed by atoms with Gasteiger partial charge in [-0.05, 0) is 46.1 Å². The maximum absolute atomic E-state index is 13.8. The van der Waals surface area contributed by atoms with Crippen molar-refractivity contribution in [2.24, 2.45) is 0 Å². The third kappa shape index (κ3) is 3.59. The molecule has 2 aromatic carbocycles. The smallest absolute Gasteiger partial charge is 0.265 e. The molecule has 0 aromatic heterocycles. The monoisotopic (exact) mass is 375 g/mol. The highest BCUT2D eigenvalue weighted by Gasteiger charge is 2.23. The van der Waals surface area contributed by atoms with Gasteiger partial charge in [-0.25, -0.2) is 17.2 Å². The molecule has 0 amide bonds. The molecule has 0 heterocycles. The van der Waals surface area contributed by atoms with Crippen molar-refractivity contribution < 1.29 is 17.2 Å². The fourth-order valence-corrected chi connectivity index (χ4v) is 4.06. The molecular weight excluding hydrogens is 364 g/mol. The van der Waals surface area contributed by atoms with Crippen molar-refractivity contribution in [2.45, 2.75) is 18.2 Å². The van der Waals surface area contributed by atoms with Gasteiger partial charge in [-0.3, -0.25) is 4.72 Å². The number of benzene rings is 2. The Bertz CT molecular complexity index is 755. The lowest BCUT2D eigenvalue weighted by Crippen LogP contribution is -2.15. The lowest BCUT2D eigenvalue weighted by Gasteiger charge is -2.11. The van der Waals surface area contributed by atoms with E-state index in [1.54, 1.807) is 18.2 Å². The van der Waals surface area contributed by atoms with Crippen LogP contribution in [0.5, 0.6) is 0 Å². The van der Waals surface area contributed by atoms with Crippen LogP contribution in [0.2, 0.25) is 0 Å². The van der Waals surface area contributed by atoms with Gasteiger partial charge in [0.25, 0.3) is 10.0 Å². The van der Waals surface area contributed by atoms with Crippen LogP contribution < -0.4 is 4.72 Å². The van der Waals surface area contributed by atoms with E-state index in [9.17, 15) is 17.2 Å². The van der Waals surface area contributed by atoms with Crippen LogP contribution in [0.1, 0.15) is 12.5 Å².